The maximum atomic E-state index is 6.48. The van der Waals surface area contributed by atoms with E-state index in [2.05, 4.69) is 64.8 Å². The lowest BCUT2D eigenvalue weighted by molar-refractivity contribution is -0.0191. The minimum absolute atomic E-state index is 0.0916. The standard InChI is InChI=1S/C28H27BrN2O3/c1-3-15-32-22-10-5-19(6-11-22)25-18-26-24-17-21(29)9-14-27(24)34-28(31(26)30-25)20-7-12-23(13-8-20)33-16-4-2/h3,5-14,17,26,28H,1,4,15-16,18H2,2H3/t26-,28+/m1/s1. The van der Waals surface area contributed by atoms with Crippen molar-refractivity contribution in [3.63, 3.8) is 0 Å². The third-order valence-corrected chi connectivity index (χ3v) is 6.44. The molecule has 0 spiro atoms. The molecule has 3 aromatic carbocycles. The van der Waals surface area contributed by atoms with Crippen LogP contribution in [0.2, 0.25) is 0 Å². The number of benzene rings is 3. The minimum atomic E-state index is -0.313. The van der Waals surface area contributed by atoms with Crippen LogP contribution in [0.4, 0.5) is 0 Å². The highest BCUT2D eigenvalue weighted by Gasteiger charge is 2.41. The first-order valence-corrected chi connectivity index (χ1v) is 12.3. The Morgan fingerprint density at radius 3 is 2.53 bits per heavy atom. The van der Waals surface area contributed by atoms with Gasteiger partial charge in [-0.2, -0.15) is 5.10 Å². The first kappa shape index (κ1) is 22.5. The Morgan fingerprint density at radius 2 is 1.79 bits per heavy atom. The molecule has 2 atom stereocenters. The molecule has 0 aliphatic carbocycles. The van der Waals surface area contributed by atoms with Crippen molar-refractivity contribution < 1.29 is 14.2 Å². The Hall–Kier alpha value is -3.25. The third kappa shape index (κ3) is 4.55. The smallest absolute Gasteiger partial charge is 0.213 e. The molecule has 6 heteroatoms. The summed E-state index contributed by atoms with van der Waals surface area (Å²) >= 11 is 3.62. The van der Waals surface area contributed by atoms with Crippen LogP contribution in [0.1, 0.15) is 48.7 Å². The molecule has 5 nitrogen and oxygen atoms in total. The van der Waals surface area contributed by atoms with E-state index in [-0.39, 0.29) is 12.3 Å². The van der Waals surface area contributed by atoms with Crippen LogP contribution >= 0.6 is 15.9 Å². The van der Waals surface area contributed by atoms with E-state index in [0.29, 0.717) is 13.2 Å². The van der Waals surface area contributed by atoms with E-state index >= 15 is 0 Å². The molecule has 0 N–H and O–H groups in total. The van der Waals surface area contributed by atoms with Crippen molar-refractivity contribution in [3.05, 3.63) is 101 Å². The predicted octanol–water partition coefficient (Wildman–Crippen LogP) is 7.05. The van der Waals surface area contributed by atoms with Crippen LogP contribution in [0.15, 0.2) is 89.0 Å². The summed E-state index contributed by atoms with van der Waals surface area (Å²) in [6.07, 6.45) is 3.21. The van der Waals surface area contributed by atoms with Crippen LogP contribution in [0.25, 0.3) is 0 Å². The zero-order valence-corrected chi connectivity index (χ0v) is 20.7. The van der Waals surface area contributed by atoms with Crippen LogP contribution in [0, 0.1) is 0 Å². The summed E-state index contributed by atoms with van der Waals surface area (Å²) in [6.45, 7) is 7.00. The fraction of sp³-hybridized carbons (Fsp3) is 0.250. The van der Waals surface area contributed by atoms with Crippen molar-refractivity contribution in [2.45, 2.75) is 32.0 Å². The van der Waals surface area contributed by atoms with Gasteiger partial charge in [0.05, 0.1) is 18.4 Å². The Balaban J connectivity index is 1.46. The number of nitrogens with zero attached hydrogens (tertiary/aromatic N) is 2. The second-order valence-corrected chi connectivity index (χ2v) is 9.26. The second-order valence-electron chi connectivity index (χ2n) is 8.34. The highest BCUT2D eigenvalue weighted by Crippen LogP contribution is 2.48. The molecule has 0 aromatic heterocycles. The SMILES string of the molecule is C=CCOc1ccc(C2=NN3[C@H](C2)c2cc(Br)ccc2O[C@H]3c2ccc(OCCC)cc2)cc1. The van der Waals surface area contributed by atoms with Gasteiger partial charge in [0.25, 0.3) is 0 Å². The van der Waals surface area contributed by atoms with Crippen molar-refractivity contribution >= 4 is 21.6 Å². The summed E-state index contributed by atoms with van der Waals surface area (Å²) in [5, 5.41) is 7.14. The van der Waals surface area contributed by atoms with E-state index < -0.39 is 0 Å². The first-order chi connectivity index (χ1) is 16.7. The average Bonchev–Trinajstić information content (AvgIpc) is 3.32. The zero-order valence-electron chi connectivity index (χ0n) is 19.1. The van der Waals surface area contributed by atoms with Crippen LogP contribution in [0.5, 0.6) is 17.2 Å². The molecular weight excluding hydrogens is 492 g/mol. The summed E-state index contributed by atoms with van der Waals surface area (Å²) in [7, 11) is 0. The largest absolute Gasteiger partial charge is 0.494 e. The monoisotopic (exact) mass is 518 g/mol. The van der Waals surface area contributed by atoms with E-state index in [9.17, 15) is 0 Å². The fourth-order valence-corrected chi connectivity index (χ4v) is 4.68. The zero-order chi connectivity index (χ0) is 23.5. The van der Waals surface area contributed by atoms with Gasteiger partial charge in [0, 0.05) is 22.0 Å². The second kappa shape index (κ2) is 9.94. The maximum absolute atomic E-state index is 6.48. The number of hydrogen-bond donors (Lipinski definition) is 0. The third-order valence-electron chi connectivity index (χ3n) is 5.95. The fourth-order valence-electron chi connectivity index (χ4n) is 4.30. The minimum Gasteiger partial charge on any atom is -0.494 e. The number of ether oxygens (including phenoxy) is 3. The Morgan fingerprint density at radius 1 is 1.06 bits per heavy atom. The molecule has 0 saturated heterocycles. The van der Waals surface area contributed by atoms with Gasteiger partial charge in [-0.1, -0.05) is 35.5 Å². The average molecular weight is 519 g/mol. The van der Waals surface area contributed by atoms with Crippen molar-refractivity contribution in [2.75, 3.05) is 13.2 Å². The highest BCUT2D eigenvalue weighted by atomic mass is 79.9. The van der Waals surface area contributed by atoms with Crippen LogP contribution < -0.4 is 14.2 Å². The summed E-state index contributed by atoms with van der Waals surface area (Å²) in [5.74, 6) is 2.58. The van der Waals surface area contributed by atoms with E-state index in [0.717, 1.165) is 57.0 Å². The molecule has 3 aromatic rings. The van der Waals surface area contributed by atoms with Gasteiger partial charge in [-0.15, -0.1) is 0 Å². The molecule has 0 amide bonds. The molecule has 2 heterocycles. The molecule has 0 radical (unpaired) electrons. The number of fused-ring (bicyclic) bond motifs is 3. The van der Waals surface area contributed by atoms with E-state index in [1.165, 1.54) is 0 Å². The number of rotatable bonds is 8. The van der Waals surface area contributed by atoms with Gasteiger partial charge >= 0.3 is 0 Å². The number of hydrogen-bond acceptors (Lipinski definition) is 5. The molecular formula is C28H27BrN2O3. The lowest BCUT2D eigenvalue weighted by Gasteiger charge is -2.38. The Kier molecular flexibility index (Phi) is 6.59. The van der Waals surface area contributed by atoms with Crippen molar-refractivity contribution in [3.8, 4) is 17.2 Å². The van der Waals surface area contributed by atoms with Crippen LogP contribution in [0.3, 0.4) is 0 Å². The summed E-state index contributed by atoms with van der Waals surface area (Å²) in [5.41, 5.74) is 4.29. The van der Waals surface area contributed by atoms with Gasteiger partial charge in [0.2, 0.25) is 6.23 Å². The predicted molar refractivity (Wildman–Crippen MR) is 138 cm³/mol. The van der Waals surface area contributed by atoms with Crippen LogP contribution in [-0.4, -0.2) is 23.9 Å². The molecule has 0 fully saturated rings. The van der Waals surface area contributed by atoms with Gasteiger partial charge in [-0.05, 0) is 78.7 Å². The summed E-state index contributed by atoms with van der Waals surface area (Å²) in [4.78, 5) is 0. The molecule has 5 rings (SSSR count). The molecule has 2 aliphatic rings. The van der Waals surface area contributed by atoms with E-state index in [1.807, 2.05) is 36.4 Å². The quantitative estimate of drug-likeness (QED) is 0.300. The van der Waals surface area contributed by atoms with E-state index in [4.69, 9.17) is 19.3 Å². The molecule has 174 valence electrons. The normalized spacial score (nSPS) is 18.4. The molecule has 0 bridgehead atoms. The molecule has 0 saturated carbocycles. The Bertz CT molecular complexity index is 1190. The van der Waals surface area contributed by atoms with Gasteiger partial charge in [0.15, 0.2) is 0 Å². The van der Waals surface area contributed by atoms with E-state index in [1.54, 1.807) is 6.08 Å². The summed E-state index contributed by atoms with van der Waals surface area (Å²) in [6, 6.07) is 22.5. The lowest BCUT2D eigenvalue weighted by Crippen LogP contribution is -2.33. The van der Waals surface area contributed by atoms with Crippen molar-refractivity contribution in [1.29, 1.82) is 0 Å². The van der Waals surface area contributed by atoms with Gasteiger partial charge < -0.3 is 14.2 Å². The number of hydrazone groups is 1. The Labute approximate surface area is 208 Å². The van der Waals surface area contributed by atoms with Crippen molar-refractivity contribution in [2.24, 2.45) is 5.10 Å². The number of halogens is 1. The van der Waals surface area contributed by atoms with Gasteiger partial charge in [-0.3, -0.25) is 0 Å². The molecule has 34 heavy (non-hydrogen) atoms. The maximum Gasteiger partial charge on any atom is 0.213 e. The topological polar surface area (TPSA) is 43.3 Å². The highest BCUT2D eigenvalue weighted by molar-refractivity contribution is 9.10. The van der Waals surface area contributed by atoms with Crippen molar-refractivity contribution in [1.82, 2.24) is 5.01 Å². The first-order valence-electron chi connectivity index (χ1n) is 11.5. The van der Waals surface area contributed by atoms with Gasteiger partial charge in [-0.25, -0.2) is 5.01 Å². The van der Waals surface area contributed by atoms with Crippen LogP contribution in [-0.2, 0) is 0 Å². The molecule has 0 unspecified atom stereocenters. The summed E-state index contributed by atoms with van der Waals surface area (Å²) < 4.78 is 18.9. The lowest BCUT2D eigenvalue weighted by atomic mass is 9.96. The van der Waals surface area contributed by atoms with Gasteiger partial charge in [0.1, 0.15) is 23.9 Å². The molecule has 2 aliphatic heterocycles.